The summed E-state index contributed by atoms with van der Waals surface area (Å²) in [5, 5.41) is 10.5. The fourth-order valence-corrected chi connectivity index (χ4v) is 6.02. The lowest BCUT2D eigenvalue weighted by Gasteiger charge is -2.40. The van der Waals surface area contributed by atoms with E-state index in [4.69, 9.17) is 26.1 Å². The van der Waals surface area contributed by atoms with Gasteiger partial charge in [-0.15, -0.1) is 0 Å². The number of fused-ring (bicyclic) bond motifs is 2. The number of pyridine rings is 1. The van der Waals surface area contributed by atoms with Crippen LogP contribution in [0, 0.1) is 5.82 Å². The largest absolute Gasteiger partial charge is 0.507 e. The van der Waals surface area contributed by atoms with Crippen molar-refractivity contribution >= 4 is 29.2 Å². The Labute approximate surface area is 225 Å². The fraction of sp³-hybridized carbons (Fsp3) is 0.444. The second kappa shape index (κ2) is 10.1. The second-order valence-corrected chi connectivity index (χ2v) is 10.5. The molecule has 0 aliphatic carbocycles. The number of hydrogen-bond donors (Lipinski definition) is 1. The van der Waals surface area contributed by atoms with Gasteiger partial charge in [0, 0.05) is 33.3 Å². The number of nitrogens with zero attached hydrogens (tertiary/aromatic N) is 4. The highest BCUT2D eigenvalue weighted by Crippen LogP contribution is 2.48. The average Bonchev–Trinajstić information content (AvgIpc) is 3.20. The lowest BCUT2D eigenvalue weighted by molar-refractivity contribution is -0.128. The van der Waals surface area contributed by atoms with Gasteiger partial charge in [0.25, 0.3) is 5.91 Å². The van der Waals surface area contributed by atoms with Crippen LogP contribution in [0.2, 0.25) is 5.02 Å². The van der Waals surface area contributed by atoms with Crippen LogP contribution in [-0.4, -0.2) is 89.8 Å². The molecule has 2 aromatic rings. The number of aromatic hydroxyl groups is 1. The summed E-state index contributed by atoms with van der Waals surface area (Å²) in [6, 6.07) is 3.52. The van der Waals surface area contributed by atoms with Gasteiger partial charge in [-0.2, -0.15) is 0 Å². The number of benzene rings is 1. The van der Waals surface area contributed by atoms with Gasteiger partial charge in [0.2, 0.25) is 5.91 Å². The smallest absolute Gasteiger partial charge is 0.261 e. The minimum atomic E-state index is -0.706. The van der Waals surface area contributed by atoms with E-state index in [2.05, 4.69) is 6.58 Å². The van der Waals surface area contributed by atoms with E-state index in [9.17, 15) is 14.7 Å². The van der Waals surface area contributed by atoms with Crippen molar-refractivity contribution in [2.75, 3.05) is 51.4 Å². The molecule has 3 aliphatic heterocycles. The monoisotopic (exact) mass is 544 g/mol. The van der Waals surface area contributed by atoms with E-state index in [1.54, 1.807) is 16.9 Å². The molecule has 3 aliphatic rings. The Morgan fingerprint density at radius 3 is 2.87 bits per heavy atom. The van der Waals surface area contributed by atoms with Crippen LogP contribution in [0.1, 0.15) is 30.1 Å². The highest BCUT2D eigenvalue weighted by Gasteiger charge is 2.45. The molecule has 1 aromatic heterocycles. The number of methoxy groups -OCH3 is 1. The molecule has 1 unspecified atom stereocenters. The Balaban J connectivity index is 1.70. The molecule has 0 spiro atoms. The highest BCUT2D eigenvalue weighted by atomic mass is 35.5. The Kier molecular flexibility index (Phi) is 6.96. The SMILES string of the molecule is C=CC(=O)N1CCN2C(=O)c3c(N4CCCC4(C)COC)nc(-c4c(O)cccc4F)c(Cl)c3OC[C@H]2C1. The van der Waals surface area contributed by atoms with Crippen LogP contribution in [0.15, 0.2) is 30.9 Å². The van der Waals surface area contributed by atoms with Crippen LogP contribution in [0.5, 0.6) is 11.5 Å². The van der Waals surface area contributed by atoms with Crippen molar-refractivity contribution in [2.45, 2.75) is 31.3 Å². The standard InChI is InChI=1S/C27H30ClFN4O5/c1-4-19(35)31-11-12-32-16(13-31)14-38-24-21(26(32)36)25(33-10-6-9-27(33,2)15-37-3)30-23(22(24)28)20-17(29)7-5-8-18(20)34/h4-5,7-8,16,34H,1,6,9-15H2,2-3H3/t16-,27?/m1/s1. The molecule has 2 saturated heterocycles. The lowest BCUT2D eigenvalue weighted by Crippen LogP contribution is -2.57. The van der Waals surface area contributed by atoms with Crippen LogP contribution in [0.3, 0.4) is 0 Å². The molecule has 5 rings (SSSR count). The van der Waals surface area contributed by atoms with Crippen molar-refractivity contribution < 1.29 is 28.6 Å². The van der Waals surface area contributed by atoms with Crippen LogP contribution in [0.25, 0.3) is 11.3 Å². The molecule has 2 fully saturated rings. The number of halogens is 2. The van der Waals surface area contributed by atoms with Gasteiger partial charge >= 0.3 is 0 Å². The second-order valence-electron chi connectivity index (χ2n) is 10.1. The first kappa shape index (κ1) is 26.2. The average molecular weight is 545 g/mol. The molecule has 202 valence electrons. The van der Waals surface area contributed by atoms with Crippen LogP contribution in [-0.2, 0) is 9.53 Å². The summed E-state index contributed by atoms with van der Waals surface area (Å²) in [5.41, 5.74) is -0.488. The number of phenols is 1. The quantitative estimate of drug-likeness (QED) is 0.576. The topological polar surface area (TPSA) is 95.4 Å². The van der Waals surface area contributed by atoms with Crippen LogP contribution in [0.4, 0.5) is 10.2 Å². The van der Waals surface area contributed by atoms with Crippen molar-refractivity contribution in [3.05, 3.63) is 47.3 Å². The van der Waals surface area contributed by atoms with Gasteiger partial charge in [0.05, 0.1) is 23.8 Å². The number of ether oxygens (including phenoxy) is 2. The summed E-state index contributed by atoms with van der Waals surface area (Å²) in [6.45, 7) is 7.55. The molecule has 11 heteroatoms. The van der Waals surface area contributed by atoms with E-state index in [-0.39, 0.29) is 58.3 Å². The first-order valence-electron chi connectivity index (χ1n) is 12.5. The lowest BCUT2D eigenvalue weighted by atomic mass is 9.99. The first-order valence-corrected chi connectivity index (χ1v) is 12.9. The third kappa shape index (κ3) is 4.25. The zero-order chi connectivity index (χ0) is 27.2. The Bertz CT molecular complexity index is 1290. The molecule has 0 radical (unpaired) electrons. The first-order chi connectivity index (χ1) is 18.2. The normalized spacial score (nSPS) is 23.0. The number of hydrogen-bond acceptors (Lipinski definition) is 7. The number of aromatic nitrogens is 1. The Morgan fingerprint density at radius 2 is 2.16 bits per heavy atom. The van der Waals surface area contributed by atoms with Crippen LogP contribution >= 0.6 is 11.6 Å². The number of phenolic OH excluding ortho intramolecular Hbond substituents is 1. The van der Waals surface area contributed by atoms with E-state index in [1.165, 1.54) is 24.3 Å². The molecule has 0 saturated carbocycles. The highest BCUT2D eigenvalue weighted by molar-refractivity contribution is 6.35. The third-order valence-electron chi connectivity index (χ3n) is 7.63. The molecule has 2 amide bonds. The zero-order valence-electron chi connectivity index (χ0n) is 21.4. The maximum atomic E-state index is 15.0. The molecule has 1 N–H and O–H groups in total. The molecule has 38 heavy (non-hydrogen) atoms. The van der Waals surface area contributed by atoms with Gasteiger partial charge < -0.3 is 29.3 Å². The number of amides is 2. The summed E-state index contributed by atoms with van der Waals surface area (Å²) in [7, 11) is 1.61. The predicted octanol–water partition coefficient (Wildman–Crippen LogP) is 3.48. The summed E-state index contributed by atoms with van der Waals surface area (Å²) in [5.74, 6) is -1.20. The number of carbonyl (C=O) groups excluding carboxylic acids is 2. The van der Waals surface area contributed by atoms with Crippen LogP contribution < -0.4 is 9.64 Å². The molecule has 9 nitrogen and oxygen atoms in total. The molecular formula is C27H30ClFN4O5. The zero-order valence-corrected chi connectivity index (χ0v) is 22.1. The third-order valence-corrected chi connectivity index (χ3v) is 7.98. The predicted molar refractivity (Wildman–Crippen MR) is 140 cm³/mol. The van der Waals surface area contributed by atoms with Crippen molar-refractivity contribution in [2.24, 2.45) is 0 Å². The fourth-order valence-electron chi connectivity index (χ4n) is 5.73. The summed E-state index contributed by atoms with van der Waals surface area (Å²) in [6.07, 6.45) is 2.87. The summed E-state index contributed by atoms with van der Waals surface area (Å²) < 4.78 is 26.7. The van der Waals surface area contributed by atoms with Gasteiger partial charge in [-0.25, -0.2) is 9.37 Å². The van der Waals surface area contributed by atoms with E-state index in [0.717, 1.165) is 12.8 Å². The van der Waals surface area contributed by atoms with Crippen molar-refractivity contribution in [1.29, 1.82) is 0 Å². The minimum Gasteiger partial charge on any atom is -0.507 e. The van der Waals surface area contributed by atoms with E-state index in [1.807, 2.05) is 11.8 Å². The van der Waals surface area contributed by atoms with Gasteiger partial charge in [-0.05, 0) is 38.0 Å². The molecule has 4 heterocycles. The van der Waals surface area contributed by atoms with Crippen molar-refractivity contribution in [3.8, 4) is 22.8 Å². The van der Waals surface area contributed by atoms with E-state index >= 15 is 4.39 Å². The number of piperazine rings is 1. The van der Waals surface area contributed by atoms with E-state index < -0.39 is 17.4 Å². The number of anilines is 1. The van der Waals surface area contributed by atoms with Gasteiger partial charge in [0.1, 0.15) is 40.3 Å². The molecule has 0 bridgehead atoms. The summed E-state index contributed by atoms with van der Waals surface area (Å²) >= 11 is 6.80. The van der Waals surface area contributed by atoms with Gasteiger partial charge in [-0.3, -0.25) is 9.59 Å². The number of carbonyl (C=O) groups is 2. The van der Waals surface area contributed by atoms with Gasteiger partial charge in [0.15, 0.2) is 5.75 Å². The Hall–Kier alpha value is -3.37. The molecule has 1 aromatic carbocycles. The van der Waals surface area contributed by atoms with Crippen molar-refractivity contribution in [1.82, 2.24) is 14.8 Å². The Morgan fingerprint density at radius 1 is 1.37 bits per heavy atom. The minimum absolute atomic E-state index is 0.0150. The maximum absolute atomic E-state index is 15.0. The van der Waals surface area contributed by atoms with E-state index in [0.29, 0.717) is 32.1 Å². The number of rotatable bonds is 5. The van der Waals surface area contributed by atoms with Gasteiger partial charge in [-0.1, -0.05) is 24.2 Å². The van der Waals surface area contributed by atoms with Crippen molar-refractivity contribution in [3.63, 3.8) is 0 Å². The maximum Gasteiger partial charge on any atom is 0.261 e. The summed E-state index contributed by atoms with van der Waals surface area (Å²) in [4.78, 5) is 36.5. The molecular weight excluding hydrogens is 515 g/mol. The molecule has 2 atom stereocenters.